The summed E-state index contributed by atoms with van der Waals surface area (Å²) < 4.78 is 21.0. The number of rotatable bonds is 6. The molecule has 0 atom stereocenters. The van der Waals surface area contributed by atoms with Crippen LogP contribution in [0.3, 0.4) is 0 Å². The third kappa shape index (κ3) is 4.81. The van der Waals surface area contributed by atoms with Gasteiger partial charge < -0.3 is 14.6 Å². The van der Waals surface area contributed by atoms with Gasteiger partial charge in [-0.25, -0.2) is 19.2 Å². The number of carbonyl (C=O) groups excluding carboxylic acids is 2. The van der Waals surface area contributed by atoms with E-state index in [4.69, 9.17) is 16.3 Å². The summed E-state index contributed by atoms with van der Waals surface area (Å²) in [7, 11) is 0. The van der Waals surface area contributed by atoms with Crippen molar-refractivity contribution >= 4 is 40.4 Å². The number of aromatic nitrogens is 4. The van der Waals surface area contributed by atoms with E-state index >= 15 is 0 Å². The molecule has 5 rings (SSSR count). The van der Waals surface area contributed by atoms with Crippen LogP contribution in [0.1, 0.15) is 23.2 Å². The number of imidazole rings is 1. The molecule has 11 heteroatoms. The molecule has 2 aromatic heterocycles. The Kier molecular flexibility index (Phi) is 5.81. The number of halogens is 2. The predicted octanol–water partition coefficient (Wildman–Crippen LogP) is 4.78. The maximum Gasteiger partial charge on any atom is 0.326 e. The van der Waals surface area contributed by atoms with Gasteiger partial charge in [-0.2, -0.15) is 4.98 Å². The lowest BCUT2D eigenvalue weighted by Crippen LogP contribution is -2.34. The minimum absolute atomic E-state index is 0.0160. The third-order valence-corrected chi connectivity index (χ3v) is 5.56. The summed E-state index contributed by atoms with van der Waals surface area (Å²) >= 11 is 5.85. The highest BCUT2D eigenvalue weighted by Crippen LogP contribution is 2.32. The average Bonchev–Trinajstić information content (AvgIpc) is 3.53. The monoisotopic (exact) mass is 480 g/mol. The van der Waals surface area contributed by atoms with Crippen molar-refractivity contribution in [3.05, 3.63) is 71.5 Å². The van der Waals surface area contributed by atoms with Gasteiger partial charge in [-0.15, -0.1) is 0 Å². The van der Waals surface area contributed by atoms with Crippen LogP contribution in [0.5, 0.6) is 11.6 Å². The van der Waals surface area contributed by atoms with Gasteiger partial charge in [0.15, 0.2) is 11.2 Å². The van der Waals surface area contributed by atoms with Crippen molar-refractivity contribution in [3.63, 3.8) is 0 Å². The van der Waals surface area contributed by atoms with Crippen molar-refractivity contribution in [1.82, 2.24) is 24.8 Å². The standard InChI is InChI=1S/C23H18ClFN6O3/c24-18-9-14(25)3-8-17(18)21(32)30-23(33)29-15-4-6-16(7-5-15)34-22-19-20(26-11-27-22)31(12-28-19)10-13-1-2-13/h3-9,11-13H,1-2,10H2,(H2,29,30,32,33). The van der Waals surface area contributed by atoms with Crippen LogP contribution in [-0.2, 0) is 6.54 Å². The molecule has 4 aromatic rings. The van der Waals surface area contributed by atoms with E-state index in [9.17, 15) is 14.0 Å². The normalized spacial score (nSPS) is 13.0. The lowest BCUT2D eigenvalue weighted by molar-refractivity contribution is 0.0967. The summed E-state index contributed by atoms with van der Waals surface area (Å²) in [5.74, 6) is 0.160. The van der Waals surface area contributed by atoms with Crippen LogP contribution < -0.4 is 15.4 Å². The van der Waals surface area contributed by atoms with Crippen LogP contribution in [0.25, 0.3) is 11.2 Å². The van der Waals surface area contributed by atoms with Gasteiger partial charge in [0.2, 0.25) is 0 Å². The molecule has 0 bridgehead atoms. The Balaban J connectivity index is 1.22. The average molecular weight is 481 g/mol. The molecule has 2 aromatic carbocycles. The second-order valence-electron chi connectivity index (χ2n) is 7.85. The molecule has 3 amide bonds. The molecule has 34 heavy (non-hydrogen) atoms. The number of imide groups is 1. The van der Waals surface area contributed by atoms with Gasteiger partial charge in [0.25, 0.3) is 11.8 Å². The molecule has 1 saturated carbocycles. The van der Waals surface area contributed by atoms with E-state index in [0.717, 1.165) is 24.3 Å². The van der Waals surface area contributed by atoms with E-state index in [2.05, 4.69) is 25.6 Å². The van der Waals surface area contributed by atoms with Crippen LogP contribution in [0.15, 0.2) is 55.1 Å². The lowest BCUT2D eigenvalue weighted by atomic mass is 10.2. The molecule has 0 saturated heterocycles. The SMILES string of the molecule is O=C(NC(=O)c1ccc(F)cc1Cl)Nc1ccc(Oc2ncnc3c2ncn3CC2CC2)cc1. The van der Waals surface area contributed by atoms with Crippen LogP contribution in [0.2, 0.25) is 5.02 Å². The summed E-state index contributed by atoms with van der Waals surface area (Å²) in [5.41, 5.74) is 1.70. The molecule has 1 fully saturated rings. The van der Waals surface area contributed by atoms with Gasteiger partial charge in [0.1, 0.15) is 17.9 Å². The number of benzene rings is 2. The summed E-state index contributed by atoms with van der Waals surface area (Å²) in [6.45, 7) is 0.880. The third-order valence-electron chi connectivity index (χ3n) is 5.25. The van der Waals surface area contributed by atoms with Crippen LogP contribution in [-0.4, -0.2) is 31.5 Å². The zero-order chi connectivity index (χ0) is 23.7. The van der Waals surface area contributed by atoms with E-state index in [-0.39, 0.29) is 10.6 Å². The maximum atomic E-state index is 13.1. The van der Waals surface area contributed by atoms with Crippen LogP contribution in [0, 0.1) is 11.7 Å². The van der Waals surface area contributed by atoms with E-state index in [1.165, 1.54) is 25.2 Å². The van der Waals surface area contributed by atoms with Gasteiger partial charge in [-0.05, 0) is 61.2 Å². The van der Waals surface area contributed by atoms with Crippen LogP contribution >= 0.6 is 11.6 Å². The first kappa shape index (κ1) is 21.8. The molecule has 0 unspecified atom stereocenters. The second kappa shape index (κ2) is 9.06. The minimum Gasteiger partial charge on any atom is -0.437 e. The smallest absolute Gasteiger partial charge is 0.326 e. The molecule has 2 N–H and O–H groups in total. The fourth-order valence-electron chi connectivity index (χ4n) is 3.37. The Morgan fingerprint density at radius 1 is 1.12 bits per heavy atom. The van der Waals surface area contributed by atoms with Crippen molar-refractivity contribution in [2.75, 3.05) is 5.32 Å². The molecule has 9 nitrogen and oxygen atoms in total. The van der Waals surface area contributed by atoms with E-state index in [1.807, 2.05) is 4.57 Å². The number of amides is 3. The minimum atomic E-state index is -0.766. The highest BCUT2D eigenvalue weighted by Gasteiger charge is 2.23. The summed E-state index contributed by atoms with van der Waals surface area (Å²) in [6.07, 6.45) is 5.63. The van der Waals surface area contributed by atoms with Crippen LogP contribution in [0.4, 0.5) is 14.9 Å². The Labute approximate surface area is 197 Å². The fourth-order valence-corrected chi connectivity index (χ4v) is 3.62. The number of anilines is 1. The second-order valence-corrected chi connectivity index (χ2v) is 8.26. The summed E-state index contributed by atoms with van der Waals surface area (Å²) in [4.78, 5) is 37.3. The topological polar surface area (TPSA) is 111 Å². The van der Waals surface area contributed by atoms with Gasteiger partial charge in [0.05, 0.1) is 16.9 Å². The Morgan fingerprint density at radius 3 is 2.65 bits per heavy atom. The van der Waals surface area contributed by atoms with Gasteiger partial charge in [-0.1, -0.05) is 11.6 Å². The Bertz CT molecular complexity index is 1390. The maximum absolute atomic E-state index is 13.1. The zero-order valence-corrected chi connectivity index (χ0v) is 18.4. The van der Waals surface area contributed by atoms with E-state index in [0.29, 0.717) is 28.8 Å². The number of urea groups is 1. The largest absolute Gasteiger partial charge is 0.437 e. The van der Waals surface area contributed by atoms with Crippen molar-refractivity contribution in [2.24, 2.45) is 5.92 Å². The number of fused-ring (bicyclic) bond motifs is 1. The van der Waals surface area contributed by atoms with Crippen molar-refractivity contribution in [3.8, 4) is 11.6 Å². The summed E-state index contributed by atoms with van der Waals surface area (Å²) in [6, 6.07) is 9.01. The number of hydrogen-bond donors (Lipinski definition) is 2. The molecule has 0 aliphatic heterocycles. The molecule has 2 heterocycles. The predicted molar refractivity (Wildman–Crippen MR) is 122 cm³/mol. The number of ether oxygens (including phenoxy) is 1. The number of nitrogens with one attached hydrogen (secondary N) is 2. The van der Waals surface area contributed by atoms with E-state index < -0.39 is 17.8 Å². The number of carbonyl (C=O) groups is 2. The lowest BCUT2D eigenvalue weighted by Gasteiger charge is -2.09. The highest BCUT2D eigenvalue weighted by atomic mass is 35.5. The highest BCUT2D eigenvalue weighted by molar-refractivity contribution is 6.34. The first-order valence-electron chi connectivity index (χ1n) is 10.5. The van der Waals surface area contributed by atoms with Gasteiger partial charge in [0, 0.05) is 12.2 Å². The first-order valence-corrected chi connectivity index (χ1v) is 10.9. The summed E-state index contributed by atoms with van der Waals surface area (Å²) in [5, 5.41) is 4.59. The van der Waals surface area contributed by atoms with Gasteiger partial charge >= 0.3 is 6.03 Å². The molecule has 172 valence electrons. The Hall–Kier alpha value is -4.05. The van der Waals surface area contributed by atoms with Gasteiger partial charge in [-0.3, -0.25) is 10.1 Å². The fraction of sp³-hybridized carbons (Fsp3) is 0.174. The van der Waals surface area contributed by atoms with Crippen molar-refractivity contribution in [1.29, 1.82) is 0 Å². The van der Waals surface area contributed by atoms with E-state index in [1.54, 1.807) is 30.6 Å². The molecule has 0 radical (unpaired) electrons. The zero-order valence-electron chi connectivity index (χ0n) is 17.7. The molecule has 1 aliphatic carbocycles. The Morgan fingerprint density at radius 2 is 1.91 bits per heavy atom. The number of nitrogens with zero attached hydrogens (tertiary/aromatic N) is 4. The molecule has 0 spiro atoms. The van der Waals surface area contributed by atoms with Crippen molar-refractivity contribution in [2.45, 2.75) is 19.4 Å². The quantitative estimate of drug-likeness (QED) is 0.410. The molecular weight excluding hydrogens is 463 g/mol. The first-order chi connectivity index (χ1) is 16.5. The van der Waals surface area contributed by atoms with Crippen molar-refractivity contribution < 1.29 is 18.7 Å². The number of hydrogen-bond acceptors (Lipinski definition) is 6. The molecule has 1 aliphatic rings. The molecular formula is C23H18ClFN6O3.